The average Bonchev–Trinajstić information content (AvgIpc) is 3.15. The van der Waals surface area contributed by atoms with Crippen LogP contribution >= 0.6 is 46.6 Å². The Balaban J connectivity index is 1.67. The fourth-order valence-electron chi connectivity index (χ4n) is 2.86. The lowest BCUT2D eigenvalue weighted by Crippen LogP contribution is -2.16. The van der Waals surface area contributed by atoms with E-state index in [0.717, 1.165) is 5.56 Å². The summed E-state index contributed by atoms with van der Waals surface area (Å²) in [6.07, 6.45) is -0.416. The number of amides is 1. The highest BCUT2D eigenvalue weighted by molar-refractivity contribution is 7.99. The molecule has 0 aliphatic carbocycles. The van der Waals surface area contributed by atoms with Gasteiger partial charge >= 0.3 is 0 Å². The SMILES string of the molecule is CCn1c(SCC(=O)Nc2cc(Cl)ccc2C)nnc1C(C)Oc1cc(Cl)ccc1Cl. The summed E-state index contributed by atoms with van der Waals surface area (Å²) in [5, 5.41) is 13.6. The van der Waals surface area contributed by atoms with Crippen LogP contribution in [0, 0.1) is 6.92 Å². The molecule has 0 aliphatic rings. The number of ether oxygens (including phenoxy) is 1. The predicted molar refractivity (Wildman–Crippen MR) is 127 cm³/mol. The zero-order valence-electron chi connectivity index (χ0n) is 17.2. The van der Waals surface area contributed by atoms with Gasteiger partial charge < -0.3 is 14.6 Å². The van der Waals surface area contributed by atoms with Crippen LogP contribution in [0.1, 0.15) is 31.3 Å². The van der Waals surface area contributed by atoms with Crippen molar-refractivity contribution in [3.63, 3.8) is 0 Å². The van der Waals surface area contributed by atoms with Crippen molar-refractivity contribution in [2.75, 3.05) is 11.1 Å². The Labute approximate surface area is 200 Å². The smallest absolute Gasteiger partial charge is 0.234 e. The first-order valence-corrected chi connectivity index (χ1v) is 11.6. The molecule has 3 aromatic rings. The molecule has 0 bridgehead atoms. The van der Waals surface area contributed by atoms with Gasteiger partial charge in [0, 0.05) is 28.3 Å². The van der Waals surface area contributed by atoms with Gasteiger partial charge in [-0.15, -0.1) is 10.2 Å². The van der Waals surface area contributed by atoms with Crippen molar-refractivity contribution in [1.29, 1.82) is 0 Å². The third-order valence-electron chi connectivity index (χ3n) is 4.43. The molecule has 1 unspecified atom stereocenters. The van der Waals surface area contributed by atoms with Crippen molar-refractivity contribution in [3.05, 3.63) is 62.9 Å². The standard InChI is InChI=1S/C21H21Cl3N4O2S/c1-4-28-20(13(3)30-18-10-15(23)7-8-16(18)24)26-27-21(28)31-11-19(29)25-17-9-14(22)6-5-12(17)2/h5-10,13H,4,11H2,1-3H3,(H,25,29). The maximum Gasteiger partial charge on any atom is 0.234 e. The van der Waals surface area contributed by atoms with Crippen molar-refractivity contribution in [2.24, 2.45) is 0 Å². The van der Waals surface area contributed by atoms with Crippen molar-refractivity contribution >= 4 is 58.2 Å². The summed E-state index contributed by atoms with van der Waals surface area (Å²) in [5.41, 5.74) is 1.63. The van der Waals surface area contributed by atoms with E-state index in [1.807, 2.05) is 31.4 Å². The highest BCUT2D eigenvalue weighted by Gasteiger charge is 2.20. The van der Waals surface area contributed by atoms with Gasteiger partial charge in [-0.2, -0.15) is 0 Å². The molecule has 164 valence electrons. The first-order chi connectivity index (χ1) is 14.8. The normalized spacial score (nSPS) is 11.9. The van der Waals surface area contributed by atoms with E-state index >= 15 is 0 Å². The first kappa shape index (κ1) is 23.7. The number of aryl methyl sites for hydroxylation is 1. The lowest BCUT2D eigenvalue weighted by atomic mass is 10.2. The molecule has 31 heavy (non-hydrogen) atoms. The number of thioether (sulfide) groups is 1. The van der Waals surface area contributed by atoms with Gasteiger partial charge in [-0.25, -0.2) is 0 Å². The molecule has 1 amide bonds. The summed E-state index contributed by atoms with van der Waals surface area (Å²) in [5.74, 6) is 1.13. The lowest BCUT2D eigenvalue weighted by Gasteiger charge is -2.16. The molecular formula is C21H21Cl3N4O2S. The van der Waals surface area contributed by atoms with Crippen molar-refractivity contribution < 1.29 is 9.53 Å². The molecule has 6 nitrogen and oxygen atoms in total. The molecule has 0 fully saturated rings. The van der Waals surface area contributed by atoms with E-state index in [0.29, 0.717) is 44.0 Å². The van der Waals surface area contributed by atoms with Gasteiger partial charge in [0.2, 0.25) is 5.91 Å². The van der Waals surface area contributed by atoms with Crippen LogP contribution in [0.5, 0.6) is 5.75 Å². The number of halogens is 3. The van der Waals surface area contributed by atoms with Crippen LogP contribution in [0.3, 0.4) is 0 Å². The van der Waals surface area contributed by atoms with Crippen LogP contribution in [0.2, 0.25) is 15.1 Å². The van der Waals surface area contributed by atoms with Crippen LogP contribution < -0.4 is 10.1 Å². The number of aromatic nitrogens is 3. The van der Waals surface area contributed by atoms with Gasteiger partial charge in [-0.3, -0.25) is 4.79 Å². The van der Waals surface area contributed by atoms with E-state index < -0.39 is 6.10 Å². The number of hydrogen-bond acceptors (Lipinski definition) is 5. The molecule has 2 aromatic carbocycles. The van der Waals surface area contributed by atoms with Gasteiger partial charge in [0.1, 0.15) is 5.75 Å². The molecule has 3 rings (SSSR count). The quantitative estimate of drug-likeness (QED) is 0.361. The molecule has 0 radical (unpaired) electrons. The molecule has 0 saturated heterocycles. The summed E-state index contributed by atoms with van der Waals surface area (Å²) < 4.78 is 7.86. The number of rotatable bonds is 8. The minimum Gasteiger partial charge on any atom is -0.481 e. The fraction of sp³-hybridized carbons (Fsp3) is 0.286. The zero-order valence-corrected chi connectivity index (χ0v) is 20.2. The molecule has 1 N–H and O–H groups in total. The molecule has 0 spiro atoms. The fourth-order valence-corrected chi connectivity index (χ4v) is 4.17. The Morgan fingerprint density at radius 3 is 2.61 bits per heavy atom. The Kier molecular flexibility index (Phi) is 8.11. The van der Waals surface area contributed by atoms with Gasteiger partial charge in [-0.1, -0.05) is 52.6 Å². The number of carbonyl (C=O) groups excluding carboxylic acids is 1. The third kappa shape index (κ3) is 6.07. The van der Waals surface area contributed by atoms with E-state index in [1.165, 1.54) is 11.8 Å². The van der Waals surface area contributed by atoms with Crippen molar-refractivity contribution in [3.8, 4) is 5.75 Å². The first-order valence-electron chi connectivity index (χ1n) is 9.52. The largest absolute Gasteiger partial charge is 0.481 e. The van der Waals surface area contributed by atoms with Crippen LogP contribution in [-0.4, -0.2) is 26.4 Å². The third-order valence-corrected chi connectivity index (χ3v) is 6.18. The van der Waals surface area contributed by atoms with Crippen LogP contribution in [0.15, 0.2) is 41.6 Å². The van der Waals surface area contributed by atoms with Gasteiger partial charge in [0.15, 0.2) is 17.1 Å². The number of benzene rings is 2. The number of carbonyl (C=O) groups is 1. The minimum atomic E-state index is -0.416. The summed E-state index contributed by atoms with van der Waals surface area (Å²) in [6.45, 7) is 6.37. The van der Waals surface area contributed by atoms with Gasteiger partial charge in [0.25, 0.3) is 0 Å². The molecule has 0 aliphatic heterocycles. The van der Waals surface area contributed by atoms with Crippen molar-refractivity contribution in [1.82, 2.24) is 14.8 Å². The lowest BCUT2D eigenvalue weighted by molar-refractivity contribution is -0.113. The maximum atomic E-state index is 12.4. The summed E-state index contributed by atoms with van der Waals surface area (Å²) in [7, 11) is 0. The van der Waals surface area contributed by atoms with E-state index in [9.17, 15) is 4.79 Å². The Bertz CT molecular complexity index is 1090. The number of nitrogens with one attached hydrogen (secondary N) is 1. The predicted octanol–water partition coefficient (Wildman–Crippen LogP) is 6.44. The topological polar surface area (TPSA) is 69.0 Å². The Morgan fingerprint density at radius 2 is 1.87 bits per heavy atom. The molecule has 10 heteroatoms. The van der Waals surface area contributed by atoms with Crippen LogP contribution in [0.25, 0.3) is 0 Å². The zero-order chi connectivity index (χ0) is 22.5. The number of hydrogen-bond donors (Lipinski definition) is 1. The maximum absolute atomic E-state index is 12.4. The summed E-state index contributed by atoms with van der Waals surface area (Å²) in [6, 6.07) is 10.4. The van der Waals surface area contributed by atoms with E-state index in [4.69, 9.17) is 39.5 Å². The molecular weight excluding hydrogens is 479 g/mol. The summed E-state index contributed by atoms with van der Waals surface area (Å²) >= 11 is 19.5. The van der Waals surface area contributed by atoms with Gasteiger partial charge in [-0.05, 0) is 50.6 Å². The monoisotopic (exact) mass is 498 g/mol. The van der Waals surface area contributed by atoms with Crippen molar-refractivity contribution in [2.45, 2.75) is 38.6 Å². The molecule has 1 atom stereocenters. The second kappa shape index (κ2) is 10.6. The van der Waals surface area contributed by atoms with Crippen LogP contribution in [0.4, 0.5) is 5.69 Å². The van der Waals surface area contributed by atoms with E-state index in [2.05, 4.69) is 15.5 Å². The second-order valence-corrected chi connectivity index (χ2v) is 8.94. The Morgan fingerprint density at radius 1 is 1.16 bits per heavy atom. The Hall–Kier alpha value is -1.93. The summed E-state index contributed by atoms with van der Waals surface area (Å²) in [4.78, 5) is 12.4. The minimum absolute atomic E-state index is 0.155. The van der Waals surface area contributed by atoms with E-state index in [1.54, 1.807) is 30.3 Å². The van der Waals surface area contributed by atoms with E-state index in [-0.39, 0.29) is 11.7 Å². The van der Waals surface area contributed by atoms with Crippen LogP contribution in [-0.2, 0) is 11.3 Å². The highest BCUT2D eigenvalue weighted by atomic mass is 35.5. The number of nitrogens with zero attached hydrogens (tertiary/aromatic N) is 3. The molecule has 1 aromatic heterocycles. The highest BCUT2D eigenvalue weighted by Crippen LogP contribution is 2.32. The molecule has 1 heterocycles. The van der Waals surface area contributed by atoms with Gasteiger partial charge in [0.05, 0.1) is 10.8 Å². The second-order valence-electron chi connectivity index (χ2n) is 6.72. The number of anilines is 1. The molecule has 0 saturated carbocycles. The average molecular weight is 500 g/mol.